The van der Waals surface area contributed by atoms with Crippen molar-refractivity contribution in [3.8, 4) is 17.2 Å². The van der Waals surface area contributed by atoms with Crippen molar-refractivity contribution in [2.45, 2.75) is 38.3 Å². The first-order valence-corrected chi connectivity index (χ1v) is 8.74. The summed E-state index contributed by atoms with van der Waals surface area (Å²) in [6, 6.07) is 4.87. The van der Waals surface area contributed by atoms with E-state index in [0.29, 0.717) is 6.04 Å². The molecule has 0 aromatic heterocycles. The third-order valence-corrected chi connectivity index (χ3v) is 5.10. The van der Waals surface area contributed by atoms with E-state index < -0.39 is 0 Å². The molecule has 5 nitrogen and oxygen atoms in total. The number of hydrogen-bond donors (Lipinski definition) is 1. The average Bonchev–Trinajstić information content (AvgIpc) is 3.29. The summed E-state index contributed by atoms with van der Waals surface area (Å²) in [4.78, 5) is 2.52. The lowest BCUT2D eigenvalue weighted by molar-refractivity contribution is 0.171. The highest BCUT2D eigenvalue weighted by molar-refractivity contribution is 5.85. The number of likely N-dealkylation sites (tertiary alicyclic amines) is 1. The zero-order valence-electron chi connectivity index (χ0n) is 14.3. The summed E-state index contributed by atoms with van der Waals surface area (Å²) in [6.45, 7) is 4.76. The van der Waals surface area contributed by atoms with E-state index in [4.69, 9.17) is 14.2 Å². The number of methoxy groups -OCH3 is 1. The highest BCUT2D eigenvalue weighted by Gasteiger charge is 2.25. The van der Waals surface area contributed by atoms with E-state index in [2.05, 4.69) is 22.3 Å². The summed E-state index contributed by atoms with van der Waals surface area (Å²) in [5.74, 6) is 3.28. The smallest absolute Gasteiger partial charge is 0.231 e. The lowest BCUT2D eigenvalue weighted by Gasteiger charge is -2.32. The van der Waals surface area contributed by atoms with Crippen LogP contribution in [0.1, 0.15) is 31.2 Å². The second-order valence-electron chi connectivity index (χ2n) is 6.93. The molecule has 134 valence electrons. The van der Waals surface area contributed by atoms with Gasteiger partial charge in [-0.15, -0.1) is 12.4 Å². The molecule has 1 saturated heterocycles. The second-order valence-corrected chi connectivity index (χ2v) is 6.93. The van der Waals surface area contributed by atoms with Gasteiger partial charge >= 0.3 is 0 Å². The van der Waals surface area contributed by atoms with Crippen LogP contribution in [0.2, 0.25) is 0 Å². The minimum Gasteiger partial charge on any atom is -0.493 e. The van der Waals surface area contributed by atoms with Gasteiger partial charge in [-0.2, -0.15) is 0 Å². The molecule has 2 heterocycles. The molecule has 6 heteroatoms. The number of piperidine rings is 1. The lowest BCUT2D eigenvalue weighted by atomic mass is 10.0. The first-order chi connectivity index (χ1) is 11.3. The zero-order chi connectivity index (χ0) is 15.6. The van der Waals surface area contributed by atoms with E-state index in [0.717, 1.165) is 42.8 Å². The number of fused-ring (bicyclic) bond motifs is 1. The topological polar surface area (TPSA) is 43.0 Å². The minimum absolute atomic E-state index is 0. The predicted molar refractivity (Wildman–Crippen MR) is 95.4 cm³/mol. The first-order valence-electron chi connectivity index (χ1n) is 8.74. The van der Waals surface area contributed by atoms with Crippen LogP contribution in [0.15, 0.2) is 12.1 Å². The van der Waals surface area contributed by atoms with E-state index in [9.17, 15) is 0 Å². The van der Waals surface area contributed by atoms with Crippen molar-refractivity contribution >= 4 is 12.4 Å². The van der Waals surface area contributed by atoms with Gasteiger partial charge in [-0.05, 0) is 68.9 Å². The van der Waals surface area contributed by atoms with Crippen LogP contribution >= 0.6 is 12.4 Å². The molecular weight excluding hydrogens is 328 g/mol. The molecule has 0 atom stereocenters. The van der Waals surface area contributed by atoms with Crippen LogP contribution in [0.4, 0.5) is 0 Å². The van der Waals surface area contributed by atoms with Crippen molar-refractivity contribution in [2.24, 2.45) is 5.92 Å². The third-order valence-electron chi connectivity index (χ3n) is 5.10. The molecule has 2 fully saturated rings. The molecule has 3 aliphatic rings. The number of nitrogens with one attached hydrogen (secondary N) is 1. The van der Waals surface area contributed by atoms with Gasteiger partial charge in [0.25, 0.3) is 0 Å². The van der Waals surface area contributed by atoms with Gasteiger partial charge in [0.1, 0.15) is 0 Å². The monoisotopic (exact) mass is 354 g/mol. The predicted octanol–water partition coefficient (Wildman–Crippen LogP) is 2.81. The lowest BCUT2D eigenvalue weighted by Crippen LogP contribution is -2.42. The maximum absolute atomic E-state index is 5.52. The quantitative estimate of drug-likeness (QED) is 0.851. The normalized spacial score (nSPS) is 20.7. The summed E-state index contributed by atoms with van der Waals surface area (Å²) in [6.07, 6.45) is 5.35. The van der Waals surface area contributed by atoms with E-state index in [1.807, 2.05) is 0 Å². The Labute approximate surface area is 150 Å². The Bertz CT molecular complexity index is 557. The number of benzene rings is 1. The van der Waals surface area contributed by atoms with Gasteiger partial charge in [-0.1, -0.05) is 0 Å². The van der Waals surface area contributed by atoms with Crippen molar-refractivity contribution in [2.75, 3.05) is 33.5 Å². The molecule has 0 unspecified atom stereocenters. The zero-order valence-corrected chi connectivity index (χ0v) is 15.1. The Kier molecular flexibility index (Phi) is 5.74. The Morgan fingerprint density at radius 2 is 1.96 bits per heavy atom. The largest absolute Gasteiger partial charge is 0.493 e. The van der Waals surface area contributed by atoms with Crippen molar-refractivity contribution in [3.05, 3.63) is 17.7 Å². The van der Waals surface area contributed by atoms with Gasteiger partial charge in [0.15, 0.2) is 11.5 Å². The molecule has 1 aliphatic carbocycles. The van der Waals surface area contributed by atoms with Crippen molar-refractivity contribution in [3.63, 3.8) is 0 Å². The Morgan fingerprint density at radius 3 is 2.67 bits per heavy atom. The summed E-state index contributed by atoms with van der Waals surface area (Å²) < 4.78 is 16.4. The Morgan fingerprint density at radius 1 is 1.17 bits per heavy atom. The van der Waals surface area contributed by atoms with E-state index in [-0.39, 0.29) is 19.2 Å². The maximum atomic E-state index is 5.52. The van der Waals surface area contributed by atoms with Gasteiger partial charge in [-0.25, -0.2) is 0 Å². The summed E-state index contributed by atoms with van der Waals surface area (Å²) in [5.41, 5.74) is 1.23. The second kappa shape index (κ2) is 7.81. The van der Waals surface area contributed by atoms with Crippen LogP contribution in [-0.2, 0) is 6.54 Å². The fourth-order valence-corrected chi connectivity index (χ4v) is 3.48. The highest BCUT2D eigenvalue weighted by Crippen LogP contribution is 2.42. The van der Waals surface area contributed by atoms with Crippen LogP contribution in [-0.4, -0.2) is 44.5 Å². The van der Waals surface area contributed by atoms with Gasteiger partial charge in [0, 0.05) is 12.6 Å². The van der Waals surface area contributed by atoms with Gasteiger partial charge < -0.3 is 19.5 Å². The van der Waals surface area contributed by atoms with Gasteiger partial charge in [0.2, 0.25) is 12.5 Å². The van der Waals surface area contributed by atoms with Gasteiger partial charge in [0.05, 0.1) is 7.11 Å². The molecule has 4 rings (SSSR count). The Balaban J connectivity index is 0.00000169. The van der Waals surface area contributed by atoms with Crippen LogP contribution < -0.4 is 19.5 Å². The maximum Gasteiger partial charge on any atom is 0.231 e. The SMILES string of the molecule is COc1cc(CN2CCC(NCC3CC3)CC2)cc2c1OCO2.Cl. The Hall–Kier alpha value is -1.17. The summed E-state index contributed by atoms with van der Waals surface area (Å²) in [7, 11) is 1.68. The molecule has 1 saturated carbocycles. The third kappa shape index (κ3) is 4.08. The fraction of sp³-hybridized carbons (Fsp3) is 0.667. The van der Waals surface area contributed by atoms with Crippen molar-refractivity contribution in [1.29, 1.82) is 0 Å². The molecule has 0 bridgehead atoms. The van der Waals surface area contributed by atoms with Crippen LogP contribution in [0.25, 0.3) is 0 Å². The molecule has 0 spiro atoms. The molecule has 2 aliphatic heterocycles. The van der Waals surface area contributed by atoms with E-state index in [1.165, 1.54) is 37.8 Å². The van der Waals surface area contributed by atoms with Crippen molar-refractivity contribution < 1.29 is 14.2 Å². The summed E-state index contributed by atoms with van der Waals surface area (Å²) in [5, 5.41) is 3.74. The van der Waals surface area contributed by atoms with Crippen LogP contribution in [0.5, 0.6) is 17.2 Å². The molecule has 1 aromatic carbocycles. The standard InChI is InChI=1S/C18H26N2O3.ClH/c1-21-16-8-14(9-17-18(16)23-12-22-17)11-20-6-4-15(5-7-20)19-10-13-2-3-13;/h8-9,13,15,19H,2-7,10-12H2,1H3;1H. The molecular formula is C18H27ClN2O3. The number of halogens is 1. The molecule has 0 radical (unpaired) electrons. The van der Waals surface area contributed by atoms with Crippen LogP contribution in [0, 0.1) is 5.92 Å². The fourth-order valence-electron chi connectivity index (χ4n) is 3.48. The molecule has 24 heavy (non-hydrogen) atoms. The first kappa shape index (κ1) is 17.6. The average molecular weight is 355 g/mol. The van der Waals surface area contributed by atoms with Gasteiger partial charge in [-0.3, -0.25) is 4.90 Å². The minimum atomic E-state index is 0. The number of rotatable bonds is 6. The number of hydrogen-bond acceptors (Lipinski definition) is 5. The van der Waals surface area contributed by atoms with E-state index in [1.54, 1.807) is 7.11 Å². The number of ether oxygens (including phenoxy) is 3. The molecule has 0 amide bonds. The molecule has 1 N–H and O–H groups in total. The highest BCUT2D eigenvalue weighted by atomic mass is 35.5. The van der Waals surface area contributed by atoms with Crippen molar-refractivity contribution in [1.82, 2.24) is 10.2 Å². The summed E-state index contributed by atoms with van der Waals surface area (Å²) >= 11 is 0. The number of nitrogens with zero attached hydrogens (tertiary/aromatic N) is 1. The van der Waals surface area contributed by atoms with Crippen LogP contribution in [0.3, 0.4) is 0 Å². The van der Waals surface area contributed by atoms with E-state index >= 15 is 0 Å². The molecule has 1 aromatic rings.